The molecule has 0 radical (unpaired) electrons. The van der Waals surface area contributed by atoms with Gasteiger partial charge in [-0.15, -0.1) is 0 Å². The number of hydrogen-bond acceptors (Lipinski definition) is 6. The Labute approximate surface area is 191 Å². The molecule has 1 N–H and O–H groups in total. The highest BCUT2D eigenvalue weighted by Crippen LogP contribution is 2.22. The SMILES string of the molecule is CCOC(=O)C1CCN(C(=O)COC(=O)c2ccc3nc(-c4ccc(C)cc4)[nH]c3c2)CC1. The minimum absolute atomic E-state index is 0.178. The third-order valence-electron chi connectivity index (χ3n) is 5.84. The molecule has 1 amide bonds. The van der Waals surface area contributed by atoms with E-state index in [-0.39, 0.29) is 24.4 Å². The molecule has 0 spiro atoms. The van der Waals surface area contributed by atoms with Crippen LogP contribution >= 0.6 is 0 Å². The number of imidazole rings is 1. The summed E-state index contributed by atoms with van der Waals surface area (Å²) in [6.07, 6.45) is 1.11. The largest absolute Gasteiger partial charge is 0.466 e. The number of amides is 1. The first kappa shape index (κ1) is 22.5. The number of H-pyrrole nitrogens is 1. The van der Waals surface area contributed by atoms with Crippen LogP contribution in [0, 0.1) is 12.8 Å². The average Bonchev–Trinajstić information content (AvgIpc) is 3.26. The zero-order chi connectivity index (χ0) is 23.4. The van der Waals surface area contributed by atoms with Crippen molar-refractivity contribution >= 4 is 28.9 Å². The van der Waals surface area contributed by atoms with Crippen LogP contribution in [0.25, 0.3) is 22.4 Å². The highest BCUT2D eigenvalue weighted by molar-refractivity contribution is 5.95. The van der Waals surface area contributed by atoms with Gasteiger partial charge in [-0.05, 0) is 44.9 Å². The van der Waals surface area contributed by atoms with Crippen molar-refractivity contribution in [1.82, 2.24) is 14.9 Å². The van der Waals surface area contributed by atoms with Crippen LogP contribution in [0.5, 0.6) is 0 Å². The maximum Gasteiger partial charge on any atom is 0.338 e. The number of aromatic nitrogens is 2. The van der Waals surface area contributed by atoms with Crippen LogP contribution < -0.4 is 0 Å². The Hall–Kier alpha value is -3.68. The van der Waals surface area contributed by atoms with Crippen molar-refractivity contribution in [2.24, 2.45) is 5.92 Å². The molecule has 3 aromatic rings. The summed E-state index contributed by atoms with van der Waals surface area (Å²) in [7, 11) is 0. The van der Waals surface area contributed by atoms with E-state index in [1.165, 1.54) is 0 Å². The molecule has 1 aromatic heterocycles. The van der Waals surface area contributed by atoms with E-state index in [9.17, 15) is 14.4 Å². The molecule has 8 nitrogen and oxygen atoms in total. The quantitative estimate of drug-likeness (QED) is 0.578. The van der Waals surface area contributed by atoms with Crippen molar-refractivity contribution in [2.45, 2.75) is 26.7 Å². The fourth-order valence-corrected chi connectivity index (χ4v) is 3.91. The lowest BCUT2D eigenvalue weighted by molar-refractivity contribution is -0.151. The van der Waals surface area contributed by atoms with Crippen LogP contribution in [0.3, 0.4) is 0 Å². The highest BCUT2D eigenvalue weighted by atomic mass is 16.5. The first-order valence-corrected chi connectivity index (χ1v) is 11.1. The molecule has 4 rings (SSSR count). The molecule has 2 aromatic carbocycles. The molecule has 1 fully saturated rings. The number of ether oxygens (including phenoxy) is 2. The Morgan fingerprint density at radius 2 is 1.79 bits per heavy atom. The summed E-state index contributed by atoms with van der Waals surface area (Å²) in [5.74, 6) is -0.511. The summed E-state index contributed by atoms with van der Waals surface area (Å²) in [4.78, 5) is 46.2. The smallest absolute Gasteiger partial charge is 0.338 e. The lowest BCUT2D eigenvalue weighted by Gasteiger charge is -2.30. The normalized spacial score (nSPS) is 14.3. The zero-order valence-corrected chi connectivity index (χ0v) is 18.8. The van der Waals surface area contributed by atoms with Gasteiger partial charge in [-0.3, -0.25) is 9.59 Å². The standard InChI is InChI=1S/C25H27N3O5/c1-3-32-24(30)18-10-12-28(13-11-18)22(29)15-33-25(31)19-8-9-20-21(14-19)27-23(26-20)17-6-4-16(2)5-7-17/h4-9,14,18H,3,10-13,15H2,1-2H3,(H,26,27). The Morgan fingerprint density at radius 1 is 1.06 bits per heavy atom. The summed E-state index contributed by atoms with van der Waals surface area (Å²) in [5.41, 5.74) is 3.92. The number of carbonyl (C=O) groups is 3. The van der Waals surface area contributed by atoms with Crippen LogP contribution in [0.2, 0.25) is 0 Å². The van der Waals surface area contributed by atoms with Gasteiger partial charge in [0.1, 0.15) is 5.82 Å². The van der Waals surface area contributed by atoms with E-state index in [0.29, 0.717) is 43.6 Å². The van der Waals surface area contributed by atoms with Crippen molar-refractivity contribution in [2.75, 3.05) is 26.3 Å². The molecule has 33 heavy (non-hydrogen) atoms. The third kappa shape index (κ3) is 5.22. The number of fused-ring (bicyclic) bond motifs is 1. The van der Waals surface area contributed by atoms with Gasteiger partial charge in [0.2, 0.25) is 0 Å². The first-order chi connectivity index (χ1) is 15.9. The molecule has 0 atom stereocenters. The minimum Gasteiger partial charge on any atom is -0.466 e. The molecular weight excluding hydrogens is 422 g/mol. The number of likely N-dealkylation sites (tertiary alicyclic amines) is 1. The van der Waals surface area contributed by atoms with Crippen molar-refractivity contribution in [3.05, 3.63) is 53.6 Å². The Morgan fingerprint density at radius 3 is 2.48 bits per heavy atom. The molecule has 0 unspecified atom stereocenters. The number of piperidine rings is 1. The molecule has 1 aliphatic heterocycles. The number of nitrogens with zero attached hydrogens (tertiary/aromatic N) is 2. The number of benzene rings is 2. The summed E-state index contributed by atoms with van der Waals surface area (Å²) in [6.45, 7) is 4.71. The second-order valence-corrected chi connectivity index (χ2v) is 8.17. The number of esters is 2. The fraction of sp³-hybridized carbons (Fsp3) is 0.360. The molecule has 8 heteroatoms. The van der Waals surface area contributed by atoms with E-state index >= 15 is 0 Å². The van der Waals surface area contributed by atoms with E-state index in [0.717, 1.165) is 22.5 Å². The number of carbonyl (C=O) groups excluding carboxylic acids is 3. The van der Waals surface area contributed by atoms with Gasteiger partial charge in [-0.1, -0.05) is 29.8 Å². The number of hydrogen-bond donors (Lipinski definition) is 1. The van der Waals surface area contributed by atoms with E-state index in [1.807, 2.05) is 31.2 Å². The summed E-state index contributed by atoms with van der Waals surface area (Å²) >= 11 is 0. The van der Waals surface area contributed by atoms with Gasteiger partial charge in [-0.25, -0.2) is 9.78 Å². The summed E-state index contributed by atoms with van der Waals surface area (Å²) in [5, 5.41) is 0. The van der Waals surface area contributed by atoms with Gasteiger partial charge in [0.05, 0.1) is 29.1 Å². The second kappa shape index (κ2) is 9.85. The number of nitrogens with one attached hydrogen (secondary N) is 1. The predicted octanol–water partition coefficient (Wildman–Crippen LogP) is 3.50. The van der Waals surface area contributed by atoms with E-state index in [1.54, 1.807) is 30.0 Å². The fourth-order valence-electron chi connectivity index (χ4n) is 3.91. The van der Waals surface area contributed by atoms with E-state index in [2.05, 4.69) is 9.97 Å². The Balaban J connectivity index is 1.33. The number of aryl methyl sites for hydroxylation is 1. The molecule has 1 aliphatic rings. The molecular formula is C25H27N3O5. The van der Waals surface area contributed by atoms with Gasteiger partial charge >= 0.3 is 11.9 Å². The van der Waals surface area contributed by atoms with Gasteiger partial charge in [-0.2, -0.15) is 0 Å². The summed E-state index contributed by atoms with van der Waals surface area (Å²) in [6, 6.07) is 13.1. The van der Waals surface area contributed by atoms with Gasteiger partial charge < -0.3 is 19.4 Å². The van der Waals surface area contributed by atoms with Crippen LogP contribution in [-0.2, 0) is 19.1 Å². The van der Waals surface area contributed by atoms with Gasteiger partial charge in [0, 0.05) is 18.7 Å². The summed E-state index contributed by atoms with van der Waals surface area (Å²) < 4.78 is 10.3. The maximum absolute atomic E-state index is 12.5. The Bertz CT molecular complexity index is 1160. The molecule has 0 bridgehead atoms. The second-order valence-electron chi connectivity index (χ2n) is 8.17. The van der Waals surface area contributed by atoms with Crippen molar-refractivity contribution in [1.29, 1.82) is 0 Å². The van der Waals surface area contributed by atoms with Crippen LogP contribution in [0.15, 0.2) is 42.5 Å². The first-order valence-electron chi connectivity index (χ1n) is 11.1. The topological polar surface area (TPSA) is 102 Å². The number of rotatable bonds is 6. The lowest BCUT2D eigenvalue weighted by atomic mass is 9.97. The van der Waals surface area contributed by atoms with E-state index < -0.39 is 5.97 Å². The lowest BCUT2D eigenvalue weighted by Crippen LogP contribution is -2.42. The highest BCUT2D eigenvalue weighted by Gasteiger charge is 2.28. The Kier molecular flexibility index (Phi) is 6.72. The third-order valence-corrected chi connectivity index (χ3v) is 5.84. The molecule has 2 heterocycles. The molecule has 0 aliphatic carbocycles. The van der Waals surface area contributed by atoms with Crippen LogP contribution in [0.1, 0.15) is 35.7 Å². The van der Waals surface area contributed by atoms with Crippen molar-refractivity contribution < 1.29 is 23.9 Å². The van der Waals surface area contributed by atoms with E-state index in [4.69, 9.17) is 9.47 Å². The minimum atomic E-state index is -0.571. The number of aromatic amines is 1. The monoisotopic (exact) mass is 449 g/mol. The zero-order valence-electron chi connectivity index (χ0n) is 18.8. The molecule has 0 saturated carbocycles. The van der Waals surface area contributed by atoms with Crippen molar-refractivity contribution in [3.63, 3.8) is 0 Å². The van der Waals surface area contributed by atoms with Gasteiger partial charge in [0.15, 0.2) is 6.61 Å². The van der Waals surface area contributed by atoms with Crippen molar-refractivity contribution in [3.8, 4) is 11.4 Å². The van der Waals surface area contributed by atoms with Crippen LogP contribution in [0.4, 0.5) is 0 Å². The average molecular weight is 450 g/mol. The molecule has 1 saturated heterocycles. The maximum atomic E-state index is 12.5. The van der Waals surface area contributed by atoms with Gasteiger partial charge in [0.25, 0.3) is 5.91 Å². The molecule has 172 valence electrons. The van der Waals surface area contributed by atoms with Crippen LogP contribution in [-0.4, -0.2) is 59.0 Å². The predicted molar refractivity (Wildman–Crippen MR) is 122 cm³/mol.